The van der Waals surface area contributed by atoms with Crippen molar-refractivity contribution >= 4 is 38.4 Å². The van der Waals surface area contributed by atoms with Crippen LogP contribution in [-0.4, -0.2) is 51.6 Å². The molecule has 2 atom stereocenters. The number of rotatable bonds is 38. The molecule has 3 nitrogen and oxygen atoms in total. The Hall–Kier alpha value is 1.48. The first kappa shape index (κ1) is 48.5. The molecule has 0 bridgehead atoms. The summed E-state index contributed by atoms with van der Waals surface area (Å²) >= 11 is -6.87. The number of hydrogen-bond acceptors (Lipinski definition) is 3. The summed E-state index contributed by atoms with van der Waals surface area (Å²) in [4.78, 5) is 0. The van der Waals surface area contributed by atoms with Crippen molar-refractivity contribution in [3.8, 4) is 0 Å². The predicted molar refractivity (Wildman–Crippen MR) is 216 cm³/mol. The molecule has 0 spiro atoms. The van der Waals surface area contributed by atoms with Crippen LogP contribution in [0.25, 0.3) is 0 Å². The van der Waals surface area contributed by atoms with Crippen LogP contribution in [0.3, 0.4) is 0 Å². The van der Waals surface area contributed by atoms with E-state index in [1.807, 2.05) is 0 Å². The third kappa shape index (κ3) is 27.8. The molecule has 5 heteroatoms. The molecule has 0 radical (unpaired) electrons. The molecule has 0 amide bonds. The summed E-state index contributed by atoms with van der Waals surface area (Å²) < 4.78 is 28.0. The second kappa shape index (κ2) is 34.6. The zero-order valence-electron chi connectivity index (χ0n) is 34.0. The van der Waals surface area contributed by atoms with Crippen molar-refractivity contribution in [2.75, 3.05) is 13.2 Å². The van der Waals surface area contributed by atoms with Crippen LogP contribution in [0.15, 0.2) is 0 Å². The Morgan fingerprint density at radius 3 is 0.936 bits per heavy atom. The first-order valence-corrected chi connectivity index (χ1v) is 34.6. The minimum atomic E-state index is -3.82. The van der Waals surface area contributed by atoms with Crippen molar-refractivity contribution in [1.29, 1.82) is 0 Å². The molecule has 0 saturated carbocycles. The quantitative estimate of drug-likeness (QED) is 0.0457. The van der Waals surface area contributed by atoms with Crippen LogP contribution in [0, 0.1) is 11.8 Å². The Balaban J connectivity index is 6.35. The molecule has 0 aromatic heterocycles. The van der Waals surface area contributed by atoms with Crippen LogP contribution in [0.4, 0.5) is 0 Å². The molecule has 2 unspecified atom stereocenters. The maximum absolute atomic E-state index is 8.10. The van der Waals surface area contributed by atoms with Gasteiger partial charge in [-0.1, -0.05) is 0 Å². The van der Waals surface area contributed by atoms with Crippen molar-refractivity contribution in [2.24, 2.45) is 11.8 Å². The Morgan fingerprint density at radius 2 is 0.638 bits per heavy atom. The summed E-state index contributed by atoms with van der Waals surface area (Å²) in [7, 11) is 0. The summed E-state index contributed by atoms with van der Waals surface area (Å²) in [6, 6.07) is 0. The predicted octanol–water partition coefficient (Wildman–Crippen LogP) is 15.5. The van der Waals surface area contributed by atoms with E-state index >= 15 is 0 Å². The van der Waals surface area contributed by atoms with Crippen LogP contribution >= 0.6 is 0 Å². The van der Waals surface area contributed by atoms with E-state index in [-0.39, 0.29) is 0 Å². The topological polar surface area (TPSA) is 27.7 Å². The van der Waals surface area contributed by atoms with Crippen molar-refractivity contribution in [3.63, 3.8) is 0 Å². The van der Waals surface area contributed by atoms with E-state index in [9.17, 15) is 0 Å². The van der Waals surface area contributed by atoms with Crippen molar-refractivity contribution in [1.82, 2.24) is 0 Å². The SMILES string of the molecule is CCCCCCC[CH2][Sn]([CH2]CCCCCCC)([CH2]CCCCCCC)[O][Sn]([CH2]CCCCCCC)([O]CC(C)CC)[O]CC(C)CC. The fraction of sp³-hybridized carbons (Fsp3) is 1.00. The van der Waals surface area contributed by atoms with Crippen molar-refractivity contribution < 1.29 is 7.56 Å². The van der Waals surface area contributed by atoms with Gasteiger partial charge in [-0.2, -0.15) is 0 Å². The van der Waals surface area contributed by atoms with Crippen LogP contribution in [-0.2, 0) is 7.56 Å². The Kier molecular flexibility index (Phi) is 35.6. The van der Waals surface area contributed by atoms with Gasteiger partial charge in [0.25, 0.3) is 0 Å². The maximum atomic E-state index is 8.10. The molecule has 0 aliphatic carbocycles. The van der Waals surface area contributed by atoms with E-state index in [1.54, 1.807) is 0 Å². The molecule has 0 N–H and O–H groups in total. The van der Waals surface area contributed by atoms with Crippen molar-refractivity contribution in [3.05, 3.63) is 0 Å². The van der Waals surface area contributed by atoms with E-state index in [1.165, 1.54) is 180 Å². The second-order valence-corrected chi connectivity index (χ2v) is 38.2. The normalized spacial score (nSPS) is 14.8. The van der Waals surface area contributed by atoms with Crippen molar-refractivity contribution in [2.45, 2.75) is 240 Å². The Bertz CT molecular complexity index is 576. The van der Waals surface area contributed by atoms with E-state index in [2.05, 4.69) is 55.4 Å². The summed E-state index contributed by atoms with van der Waals surface area (Å²) in [5, 5.41) is 0. The standard InChI is InChI=1S/4C8H17.2C5H11O.O.2Sn/c4*1-3-5-7-8-6-4-2;2*1-3-5(2)4-6;;;/h4*1,3-8H2,2H3;2*5H,3-4H2,1-2H3;;;/q;;;;2*-1;;;+2. The third-order valence-corrected chi connectivity index (χ3v) is 44.2. The number of unbranched alkanes of at least 4 members (excludes halogenated alkanes) is 20. The van der Waals surface area contributed by atoms with Crippen LogP contribution in [0.1, 0.15) is 222 Å². The number of hydrogen-bond donors (Lipinski definition) is 0. The first-order chi connectivity index (χ1) is 22.9. The van der Waals surface area contributed by atoms with E-state index < -0.39 is 38.4 Å². The average Bonchev–Trinajstić information content (AvgIpc) is 3.08. The molecule has 0 fully saturated rings. The van der Waals surface area contributed by atoms with Crippen LogP contribution in [0.2, 0.25) is 17.7 Å². The van der Waals surface area contributed by atoms with Gasteiger partial charge in [0.15, 0.2) is 0 Å². The van der Waals surface area contributed by atoms with Gasteiger partial charge in [-0.05, 0) is 0 Å². The second-order valence-electron chi connectivity index (χ2n) is 15.7. The molecule has 0 rings (SSSR count). The molecule has 0 aliphatic rings. The molecular weight excluding hydrogens is 790 g/mol. The molecule has 0 aliphatic heterocycles. The zero-order valence-corrected chi connectivity index (χ0v) is 39.7. The van der Waals surface area contributed by atoms with E-state index in [0.717, 1.165) is 17.7 Å². The molecule has 0 saturated heterocycles. The molecule has 47 heavy (non-hydrogen) atoms. The molecule has 0 aromatic carbocycles. The van der Waals surface area contributed by atoms with Gasteiger partial charge in [-0.25, -0.2) is 0 Å². The fourth-order valence-corrected chi connectivity index (χ4v) is 48.7. The average molecular weight is 881 g/mol. The van der Waals surface area contributed by atoms with Gasteiger partial charge in [0, 0.05) is 0 Å². The van der Waals surface area contributed by atoms with Gasteiger partial charge >= 0.3 is 311 Å². The van der Waals surface area contributed by atoms with E-state index in [0.29, 0.717) is 11.8 Å². The van der Waals surface area contributed by atoms with Crippen LogP contribution < -0.4 is 0 Å². The molecule has 0 heterocycles. The Labute approximate surface area is 308 Å². The Morgan fingerprint density at radius 1 is 0.362 bits per heavy atom. The molecule has 0 aromatic rings. The monoisotopic (exact) mass is 882 g/mol. The molecule has 284 valence electrons. The third-order valence-electron chi connectivity index (χ3n) is 10.7. The van der Waals surface area contributed by atoms with Crippen LogP contribution in [0.5, 0.6) is 0 Å². The zero-order chi connectivity index (χ0) is 34.9. The summed E-state index contributed by atoms with van der Waals surface area (Å²) in [5.74, 6) is 1.15. The van der Waals surface area contributed by atoms with Gasteiger partial charge < -0.3 is 0 Å². The van der Waals surface area contributed by atoms with E-state index in [4.69, 9.17) is 7.56 Å². The first-order valence-electron chi connectivity index (χ1n) is 21.8. The summed E-state index contributed by atoms with van der Waals surface area (Å²) in [6.45, 7) is 20.4. The summed E-state index contributed by atoms with van der Waals surface area (Å²) in [5.41, 5.74) is 0. The molecular formula is C42H90O3Sn2. The van der Waals surface area contributed by atoms with Gasteiger partial charge in [0.2, 0.25) is 0 Å². The van der Waals surface area contributed by atoms with Gasteiger partial charge in [0.1, 0.15) is 0 Å². The van der Waals surface area contributed by atoms with Gasteiger partial charge in [0.05, 0.1) is 0 Å². The van der Waals surface area contributed by atoms with Gasteiger partial charge in [-0.3, -0.25) is 0 Å². The van der Waals surface area contributed by atoms with Gasteiger partial charge in [-0.15, -0.1) is 0 Å². The summed E-state index contributed by atoms with van der Waals surface area (Å²) in [6.07, 6.45) is 35.3. The minimum absolute atomic E-state index is 0.576. The fourth-order valence-electron chi connectivity index (χ4n) is 6.73.